The summed E-state index contributed by atoms with van der Waals surface area (Å²) in [6.45, 7) is 2.80. The zero-order valence-corrected chi connectivity index (χ0v) is 12.5. The Morgan fingerprint density at radius 1 is 1.45 bits per heavy atom. The van der Waals surface area contributed by atoms with Crippen molar-refractivity contribution in [2.75, 3.05) is 10.6 Å². The van der Waals surface area contributed by atoms with Crippen LogP contribution < -0.4 is 10.6 Å². The molecule has 1 atom stereocenters. The third-order valence-electron chi connectivity index (χ3n) is 3.84. The fourth-order valence-corrected chi connectivity index (χ4v) is 2.61. The molecule has 0 bridgehead atoms. The van der Waals surface area contributed by atoms with E-state index >= 15 is 0 Å². The summed E-state index contributed by atoms with van der Waals surface area (Å²) < 4.78 is 16.0. The highest BCUT2D eigenvalue weighted by molar-refractivity contribution is 5.94. The van der Waals surface area contributed by atoms with Crippen LogP contribution in [0.4, 0.5) is 15.8 Å². The standard InChI is InChI=1S/C16H19FN4O/c1-11(5-8-21-7-2-6-18-21)19-15-9-12-3-4-16(22)20-14(12)10-13(15)17/h2,6-7,9-11,19H,3-5,8H2,1H3,(H,20,22). The van der Waals surface area contributed by atoms with Gasteiger partial charge in [0.1, 0.15) is 5.82 Å². The van der Waals surface area contributed by atoms with Crippen molar-refractivity contribution in [3.8, 4) is 0 Å². The molecule has 1 aromatic heterocycles. The van der Waals surface area contributed by atoms with Crippen LogP contribution in [0.5, 0.6) is 0 Å². The van der Waals surface area contributed by atoms with Crippen LogP contribution in [0.1, 0.15) is 25.3 Å². The number of aromatic nitrogens is 2. The summed E-state index contributed by atoms with van der Waals surface area (Å²) in [6.07, 6.45) is 5.60. The highest BCUT2D eigenvalue weighted by Crippen LogP contribution is 2.29. The minimum Gasteiger partial charge on any atom is -0.380 e. The lowest BCUT2D eigenvalue weighted by Crippen LogP contribution is -2.21. The number of amides is 1. The largest absolute Gasteiger partial charge is 0.380 e. The second-order valence-corrected chi connectivity index (χ2v) is 5.64. The lowest BCUT2D eigenvalue weighted by atomic mass is 10.0. The average molecular weight is 302 g/mol. The van der Waals surface area contributed by atoms with Crippen molar-refractivity contribution in [2.24, 2.45) is 0 Å². The van der Waals surface area contributed by atoms with Crippen molar-refractivity contribution in [3.63, 3.8) is 0 Å². The zero-order chi connectivity index (χ0) is 15.5. The second-order valence-electron chi connectivity index (χ2n) is 5.64. The molecule has 1 aliphatic rings. The molecule has 0 spiro atoms. The van der Waals surface area contributed by atoms with E-state index in [-0.39, 0.29) is 17.8 Å². The van der Waals surface area contributed by atoms with Crippen molar-refractivity contribution in [3.05, 3.63) is 42.0 Å². The van der Waals surface area contributed by atoms with E-state index in [0.29, 0.717) is 24.2 Å². The molecule has 0 radical (unpaired) electrons. The Labute approximate surface area is 128 Å². The molecule has 22 heavy (non-hydrogen) atoms. The monoisotopic (exact) mass is 302 g/mol. The first-order valence-corrected chi connectivity index (χ1v) is 7.48. The van der Waals surface area contributed by atoms with E-state index in [9.17, 15) is 9.18 Å². The number of hydrogen-bond donors (Lipinski definition) is 2. The number of halogens is 1. The average Bonchev–Trinajstić information content (AvgIpc) is 2.99. The summed E-state index contributed by atoms with van der Waals surface area (Å²) in [5.74, 6) is -0.396. The highest BCUT2D eigenvalue weighted by Gasteiger charge is 2.18. The van der Waals surface area contributed by atoms with Crippen LogP contribution in [0, 0.1) is 5.82 Å². The number of fused-ring (bicyclic) bond motifs is 1. The van der Waals surface area contributed by atoms with Crippen LogP contribution in [0.25, 0.3) is 0 Å². The van der Waals surface area contributed by atoms with Gasteiger partial charge in [-0.1, -0.05) is 0 Å². The molecule has 1 amide bonds. The van der Waals surface area contributed by atoms with Crippen molar-refractivity contribution < 1.29 is 9.18 Å². The van der Waals surface area contributed by atoms with Gasteiger partial charge in [-0.15, -0.1) is 0 Å². The minimum absolute atomic E-state index is 0.0554. The lowest BCUT2D eigenvalue weighted by molar-refractivity contribution is -0.116. The summed E-state index contributed by atoms with van der Waals surface area (Å²) >= 11 is 0. The minimum atomic E-state index is -0.341. The van der Waals surface area contributed by atoms with E-state index in [1.54, 1.807) is 12.3 Å². The zero-order valence-electron chi connectivity index (χ0n) is 12.5. The van der Waals surface area contributed by atoms with Gasteiger partial charge in [0.05, 0.1) is 5.69 Å². The van der Waals surface area contributed by atoms with Crippen LogP contribution in [-0.2, 0) is 17.8 Å². The van der Waals surface area contributed by atoms with Gasteiger partial charge in [-0.05, 0) is 43.5 Å². The van der Waals surface area contributed by atoms with Crippen molar-refractivity contribution >= 4 is 17.3 Å². The quantitative estimate of drug-likeness (QED) is 0.893. The molecule has 0 saturated heterocycles. The Kier molecular flexibility index (Phi) is 4.09. The molecule has 1 aromatic carbocycles. The van der Waals surface area contributed by atoms with Gasteiger partial charge in [0.2, 0.25) is 5.91 Å². The summed E-state index contributed by atoms with van der Waals surface area (Å²) in [6, 6.07) is 5.20. The number of nitrogens with zero attached hydrogens (tertiary/aromatic N) is 2. The van der Waals surface area contributed by atoms with E-state index in [1.807, 2.05) is 23.9 Å². The van der Waals surface area contributed by atoms with Gasteiger partial charge < -0.3 is 10.6 Å². The van der Waals surface area contributed by atoms with Gasteiger partial charge >= 0.3 is 0 Å². The SMILES string of the molecule is CC(CCn1cccn1)Nc1cc2c(cc1F)NC(=O)CC2. The predicted octanol–water partition coefficient (Wildman–Crippen LogP) is 2.80. The predicted molar refractivity (Wildman–Crippen MR) is 83.3 cm³/mol. The van der Waals surface area contributed by atoms with E-state index in [1.165, 1.54) is 6.07 Å². The van der Waals surface area contributed by atoms with Crippen LogP contribution in [-0.4, -0.2) is 21.7 Å². The van der Waals surface area contributed by atoms with Crippen molar-refractivity contribution in [1.29, 1.82) is 0 Å². The maximum absolute atomic E-state index is 14.1. The molecule has 1 aliphatic heterocycles. The summed E-state index contributed by atoms with van der Waals surface area (Å²) in [7, 11) is 0. The van der Waals surface area contributed by atoms with Crippen LogP contribution in [0.3, 0.4) is 0 Å². The maximum atomic E-state index is 14.1. The van der Waals surface area contributed by atoms with Gasteiger partial charge in [0.15, 0.2) is 0 Å². The number of carbonyl (C=O) groups excluding carboxylic acids is 1. The highest BCUT2D eigenvalue weighted by atomic mass is 19.1. The Morgan fingerprint density at radius 2 is 2.32 bits per heavy atom. The molecule has 1 unspecified atom stereocenters. The second kappa shape index (κ2) is 6.17. The first-order chi connectivity index (χ1) is 10.6. The molecule has 0 saturated carbocycles. The number of hydrogen-bond acceptors (Lipinski definition) is 3. The lowest BCUT2D eigenvalue weighted by Gasteiger charge is -2.21. The van der Waals surface area contributed by atoms with Gasteiger partial charge in [0.25, 0.3) is 0 Å². The molecular formula is C16H19FN4O. The van der Waals surface area contributed by atoms with Crippen LogP contribution in [0.2, 0.25) is 0 Å². The topological polar surface area (TPSA) is 59.0 Å². The number of carbonyl (C=O) groups is 1. The Bertz CT molecular complexity index is 669. The molecule has 2 aromatic rings. The summed E-state index contributed by atoms with van der Waals surface area (Å²) in [5.41, 5.74) is 2.05. The normalized spacial score (nSPS) is 15.1. The van der Waals surface area contributed by atoms with E-state index < -0.39 is 0 Å². The molecule has 2 N–H and O–H groups in total. The number of aryl methyl sites for hydroxylation is 2. The van der Waals surface area contributed by atoms with E-state index in [0.717, 1.165) is 18.5 Å². The molecule has 116 valence electrons. The first-order valence-electron chi connectivity index (χ1n) is 7.48. The first kappa shape index (κ1) is 14.6. The maximum Gasteiger partial charge on any atom is 0.224 e. The van der Waals surface area contributed by atoms with Crippen LogP contribution in [0.15, 0.2) is 30.6 Å². The van der Waals surface area contributed by atoms with E-state index in [2.05, 4.69) is 15.7 Å². The Morgan fingerprint density at radius 3 is 3.09 bits per heavy atom. The number of nitrogens with one attached hydrogen (secondary N) is 2. The molecule has 0 aliphatic carbocycles. The number of anilines is 2. The summed E-state index contributed by atoms with van der Waals surface area (Å²) in [5, 5.41) is 10.1. The van der Waals surface area contributed by atoms with Gasteiger partial charge in [-0.2, -0.15) is 5.10 Å². The smallest absolute Gasteiger partial charge is 0.224 e. The molecule has 3 rings (SSSR count). The van der Waals surface area contributed by atoms with Crippen molar-refractivity contribution in [1.82, 2.24) is 9.78 Å². The third kappa shape index (κ3) is 3.27. The number of benzene rings is 1. The Balaban J connectivity index is 1.65. The van der Waals surface area contributed by atoms with Crippen molar-refractivity contribution in [2.45, 2.75) is 38.8 Å². The molecule has 6 heteroatoms. The molecular weight excluding hydrogens is 283 g/mol. The van der Waals surface area contributed by atoms with E-state index in [4.69, 9.17) is 0 Å². The summed E-state index contributed by atoms with van der Waals surface area (Å²) in [4.78, 5) is 11.3. The molecule has 5 nitrogen and oxygen atoms in total. The van der Waals surface area contributed by atoms with Gasteiger partial charge in [0, 0.05) is 37.1 Å². The van der Waals surface area contributed by atoms with Crippen LogP contribution >= 0.6 is 0 Å². The van der Waals surface area contributed by atoms with Gasteiger partial charge in [-0.3, -0.25) is 9.48 Å². The fraction of sp³-hybridized carbons (Fsp3) is 0.375. The fourth-order valence-electron chi connectivity index (χ4n) is 2.61. The molecule has 2 heterocycles. The third-order valence-corrected chi connectivity index (χ3v) is 3.84. The number of rotatable bonds is 5. The van der Waals surface area contributed by atoms with Gasteiger partial charge in [-0.25, -0.2) is 4.39 Å². The Hall–Kier alpha value is -2.37. The molecule has 0 fully saturated rings.